The van der Waals surface area contributed by atoms with Crippen LogP contribution in [0.2, 0.25) is 0 Å². The molecule has 2 rings (SSSR count). The SMILES string of the molecule is NNC(c1ccc(F)cc1)C1CCCCCCC1. The molecule has 1 atom stereocenters. The van der Waals surface area contributed by atoms with E-state index in [2.05, 4.69) is 5.43 Å². The average molecular weight is 250 g/mol. The maximum atomic E-state index is 13.0. The Labute approximate surface area is 109 Å². The number of hydrazine groups is 1. The summed E-state index contributed by atoms with van der Waals surface area (Å²) in [6.07, 6.45) is 9.02. The van der Waals surface area contributed by atoms with Gasteiger partial charge in [-0.3, -0.25) is 11.3 Å². The van der Waals surface area contributed by atoms with Crippen molar-refractivity contribution in [3.05, 3.63) is 35.6 Å². The number of nitrogens with two attached hydrogens (primary N) is 1. The molecule has 0 saturated heterocycles. The molecule has 3 heteroatoms. The lowest BCUT2D eigenvalue weighted by Gasteiger charge is -2.28. The van der Waals surface area contributed by atoms with Crippen LogP contribution in [0.25, 0.3) is 0 Å². The zero-order valence-corrected chi connectivity index (χ0v) is 10.9. The summed E-state index contributed by atoms with van der Waals surface area (Å²) < 4.78 is 13.0. The Morgan fingerprint density at radius 3 is 2.11 bits per heavy atom. The molecule has 1 fully saturated rings. The van der Waals surface area contributed by atoms with E-state index in [1.165, 1.54) is 57.1 Å². The average Bonchev–Trinajstić information content (AvgIpc) is 2.34. The summed E-state index contributed by atoms with van der Waals surface area (Å²) in [5, 5.41) is 0. The normalized spacial score (nSPS) is 20.1. The fourth-order valence-electron chi connectivity index (χ4n) is 3.00. The molecule has 0 bridgehead atoms. The molecule has 0 heterocycles. The minimum absolute atomic E-state index is 0.156. The number of nitrogens with one attached hydrogen (secondary N) is 1. The van der Waals surface area contributed by atoms with Crippen molar-refractivity contribution in [2.24, 2.45) is 11.8 Å². The fourth-order valence-corrected chi connectivity index (χ4v) is 3.00. The van der Waals surface area contributed by atoms with Crippen LogP contribution in [0.1, 0.15) is 56.6 Å². The van der Waals surface area contributed by atoms with E-state index in [0.29, 0.717) is 5.92 Å². The van der Waals surface area contributed by atoms with Gasteiger partial charge in [0, 0.05) is 6.04 Å². The summed E-state index contributed by atoms with van der Waals surface area (Å²) >= 11 is 0. The summed E-state index contributed by atoms with van der Waals surface area (Å²) in [7, 11) is 0. The van der Waals surface area contributed by atoms with Gasteiger partial charge in [0.25, 0.3) is 0 Å². The van der Waals surface area contributed by atoms with Gasteiger partial charge in [-0.25, -0.2) is 4.39 Å². The minimum Gasteiger partial charge on any atom is -0.271 e. The van der Waals surface area contributed by atoms with Gasteiger partial charge >= 0.3 is 0 Å². The lowest BCUT2D eigenvalue weighted by Crippen LogP contribution is -2.34. The first-order valence-electron chi connectivity index (χ1n) is 7.03. The molecular weight excluding hydrogens is 227 g/mol. The lowest BCUT2D eigenvalue weighted by molar-refractivity contribution is 0.290. The van der Waals surface area contributed by atoms with E-state index in [1.54, 1.807) is 0 Å². The molecule has 0 aliphatic heterocycles. The Balaban J connectivity index is 2.08. The van der Waals surface area contributed by atoms with E-state index >= 15 is 0 Å². The van der Waals surface area contributed by atoms with Crippen LogP contribution >= 0.6 is 0 Å². The number of hydrogen-bond acceptors (Lipinski definition) is 2. The highest BCUT2D eigenvalue weighted by Gasteiger charge is 2.22. The van der Waals surface area contributed by atoms with Crippen molar-refractivity contribution in [2.75, 3.05) is 0 Å². The first kappa shape index (κ1) is 13.5. The van der Waals surface area contributed by atoms with Crippen molar-refractivity contribution in [1.29, 1.82) is 0 Å². The minimum atomic E-state index is -0.188. The predicted molar refractivity (Wildman–Crippen MR) is 72.3 cm³/mol. The summed E-state index contributed by atoms with van der Waals surface area (Å²) in [6, 6.07) is 6.88. The quantitative estimate of drug-likeness (QED) is 0.634. The van der Waals surface area contributed by atoms with E-state index in [9.17, 15) is 4.39 Å². The Morgan fingerprint density at radius 2 is 1.56 bits per heavy atom. The molecule has 1 aliphatic rings. The van der Waals surface area contributed by atoms with Crippen molar-refractivity contribution in [2.45, 2.75) is 51.0 Å². The highest BCUT2D eigenvalue weighted by atomic mass is 19.1. The van der Waals surface area contributed by atoms with Gasteiger partial charge in [0.1, 0.15) is 5.82 Å². The topological polar surface area (TPSA) is 38.0 Å². The van der Waals surface area contributed by atoms with Crippen LogP contribution in [0, 0.1) is 11.7 Å². The van der Waals surface area contributed by atoms with E-state index in [4.69, 9.17) is 5.84 Å². The summed E-state index contributed by atoms with van der Waals surface area (Å²) in [4.78, 5) is 0. The maximum Gasteiger partial charge on any atom is 0.123 e. The Bertz CT molecular complexity index is 342. The van der Waals surface area contributed by atoms with Gasteiger partial charge in [0.2, 0.25) is 0 Å². The first-order chi connectivity index (χ1) is 8.81. The molecule has 1 saturated carbocycles. The Kier molecular flexibility index (Phi) is 5.14. The van der Waals surface area contributed by atoms with Gasteiger partial charge in [0.05, 0.1) is 0 Å². The van der Waals surface area contributed by atoms with Crippen LogP contribution in [0.3, 0.4) is 0 Å². The van der Waals surface area contributed by atoms with Gasteiger partial charge in [-0.2, -0.15) is 0 Å². The van der Waals surface area contributed by atoms with Crippen LogP contribution in [0.4, 0.5) is 4.39 Å². The third-order valence-electron chi connectivity index (χ3n) is 4.03. The second-order valence-electron chi connectivity index (χ2n) is 5.30. The highest BCUT2D eigenvalue weighted by Crippen LogP contribution is 2.32. The van der Waals surface area contributed by atoms with Gasteiger partial charge in [-0.1, -0.05) is 44.2 Å². The zero-order valence-electron chi connectivity index (χ0n) is 10.9. The van der Waals surface area contributed by atoms with Crippen LogP contribution in [-0.2, 0) is 0 Å². The molecule has 18 heavy (non-hydrogen) atoms. The summed E-state index contributed by atoms with van der Waals surface area (Å²) in [6.45, 7) is 0. The van der Waals surface area contributed by atoms with Gasteiger partial charge in [0.15, 0.2) is 0 Å². The van der Waals surface area contributed by atoms with E-state index < -0.39 is 0 Å². The smallest absolute Gasteiger partial charge is 0.123 e. The van der Waals surface area contributed by atoms with Crippen LogP contribution in [-0.4, -0.2) is 0 Å². The van der Waals surface area contributed by atoms with E-state index in [1.807, 2.05) is 12.1 Å². The predicted octanol–water partition coefficient (Wildman–Crippen LogP) is 3.69. The van der Waals surface area contributed by atoms with E-state index in [0.717, 1.165) is 5.56 Å². The number of benzene rings is 1. The van der Waals surface area contributed by atoms with Crippen LogP contribution < -0.4 is 11.3 Å². The van der Waals surface area contributed by atoms with Gasteiger partial charge < -0.3 is 0 Å². The van der Waals surface area contributed by atoms with E-state index in [-0.39, 0.29) is 11.9 Å². The van der Waals surface area contributed by atoms with Crippen molar-refractivity contribution in [1.82, 2.24) is 5.43 Å². The summed E-state index contributed by atoms with van der Waals surface area (Å²) in [5.74, 6) is 6.10. The first-order valence-corrected chi connectivity index (χ1v) is 7.03. The van der Waals surface area contributed by atoms with Gasteiger partial charge in [-0.15, -0.1) is 0 Å². The molecule has 0 amide bonds. The molecule has 1 aromatic rings. The third-order valence-corrected chi connectivity index (χ3v) is 4.03. The number of hydrogen-bond donors (Lipinski definition) is 2. The second-order valence-corrected chi connectivity index (χ2v) is 5.30. The third kappa shape index (κ3) is 3.53. The number of rotatable bonds is 3. The van der Waals surface area contributed by atoms with Crippen molar-refractivity contribution < 1.29 is 4.39 Å². The summed E-state index contributed by atoms with van der Waals surface area (Å²) in [5.41, 5.74) is 4.03. The second kappa shape index (κ2) is 6.86. The molecule has 3 N–H and O–H groups in total. The molecular formula is C15H23FN2. The standard InChI is InChI=1S/C15H23FN2/c16-14-10-8-13(9-11-14)15(18-17)12-6-4-2-1-3-5-7-12/h8-12,15,18H,1-7,17H2. The van der Waals surface area contributed by atoms with Crippen molar-refractivity contribution in [3.63, 3.8) is 0 Å². The highest BCUT2D eigenvalue weighted by molar-refractivity contribution is 5.20. The Morgan fingerprint density at radius 1 is 1.00 bits per heavy atom. The fraction of sp³-hybridized carbons (Fsp3) is 0.600. The molecule has 0 aromatic heterocycles. The largest absolute Gasteiger partial charge is 0.271 e. The molecule has 1 aliphatic carbocycles. The van der Waals surface area contributed by atoms with Crippen molar-refractivity contribution >= 4 is 0 Å². The lowest BCUT2D eigenvalue weighted by atomic mass is 9.83. The van der Waals surface area contributed by atoms with Gasteiger partial charge in [-0.05, 0) is 36.5 Å². The molecule has 1 unspecified atom stereocenters. The molecule has 2 nitrogen and oxygen atoms in total. The molecule has 0 radical (unpaired) electrons. The monoisotopic (exact) mass is 250 g/mol. The van der Waals surface area contributed by atoms with Crippen LogP contribution in [0.15, 0.2) is 24.3 Å². The molecule has 0 spiro atoms. The molecule has 1 aromatic carbocycles. The zero-order chi connectivity index (χ0) is 12.8. The molecule has 100 valence electrons. The van der Waals surface area contributed by atoms with Crippen molar-refractivity contribution in [3.8, 4) is 0 Å². The van der Waals surface area contributed by atoms with Crippen LogP contribution in [0.5, 0.6) is 0 Å². The maximum absolute atomic E-state index is 13.0. The Hall–Kier alpha value is -0.930. The number of halogens is 1.